The fourth-order valence-electron chi connectivity index (χ4n) is 5.52. The SMILES string of the molecule is Cc1ccc(S(=O)(=O)Nc2ccc3c(c2)C(=O)N([C@@H](C)CO)C[C@@H](C)[C@H](CN(C)S(=O)(=O)c2ccc(F)cc2)OCCCC[C@H](C)O3)cc1. The van der Waals surface area contributed by atoms with Gasteiger partial charge in [-0.15, -0.1) is 0 Å². The summed E-state index contributed by atoms with van der Waals surface area (Å²) in [6.45, 7) is 7.26. The number of carbonyl (C=O) groups excluding carboxylic acids is 1. The number of hydrogen-bond acceptors (Lipinski definition) is 8. The second-order valence-electron chi connectivity index (χ2n) is 12.7. The third kappa shape index (κ3) is 9.79. The molecule has 2 N–H and O–H groups in total. The number of aliphatic hydroxyl groups is 1. The average Bonchev–Trinajstić information content (AvgIpc) is 3.06. The van der Waals surface area contributed by atoms with E-state index in [9.17, 15) is 31.1 Å². The summed E-state index contributed by atoms with van der Waals surface area (Å²) in [5.41, 5.74) is 1.17. The molecule has 0 saturated heterocycles. The number of amides is 1. The molecule has 1 heterocycles. The number of aliphatic hydroxyl groups excluding tert-OH is 1. The zero-order valence-corrected chi connectivity index (χ0v) is 30.1. The number of ether oxygens (including phenoxy) is 2. The molecule has 1 aliphatic rings. The van der Waals surface area contributed by atoms with Crippen LogP contribution < -0.4 is 9.46 Å². The van der Waals surface area contributed by atoms with Crippen LogP contribution in [0.5, 0.6) is 5.75 Å². The van der Waals surface area contributed by atoms with E-state index >= 15 is 0 Å². The van der Waals surface area contributed by atoms with Crippen molar-refractivity contribution >= 4 is 31.6 Å². The average molecular weight is 720 g/mol. The van der Waals surface area contributed by atoms with Crippen molar-refractivity contribution in [3.63, 3.8) is 0 Å². The smallest absolute Gasteiger partial charge is 0.261 e. The Labute approximate surface area is 289 Å². The van der Waals surface area contributed by atoms with Crippen molar-refractivity contribution in [3.8, 4) is 5.75 Å². The predicted molar refractivity (Wildman–Crippen MR) is 185 cm³/mol. The Hall–Kier alpha value is -3.56. The zero-order chi connectivity index (χ0) is 35.9. The third-order valence-corrected chi connectivity index (χ3v) is 11.8. The molecular weight excluding hydrogens is 674 g/mol. The van der Waals surface area contributed by atoms with E-state index in [2.05, 4.69) is 4.72 Å². The number of fused-ring (bicyclic) bond motifs is 1. The quantitative estimate of drug-likeness (QED) is 0.313. The first-order chi connectivity index (χ1) is 23.1. The molecule has 0 spiro atoms. The van der Waals surface area contributed by atoms with Gasteiger partial charge in [-0.2, -0.15) is 4.31 Å². The molecule has 0 aliphatic carbocycles. The van der Waals surface area contributed by atoms with Crippen molar-refractivity contribution < 1.29 is 40.6 Å². The number of aryl methyl sites for hydroxylation is 1. The summed E-state index contributed by atoms with van der Waals surface area (Å²) in [7, 11) is -6.53. The van der Waals surface area contributed by atoms with Crippen molar-refractivity contribution in [2.75, 3.05) is 38.1 Å². The van der Waals surface area contributed by atoms with Gasteiger partial charge in [0.2, 0.25) is 10.0 Å². The van der Waals surface area contributed by atoms with Crippen molar-refractivity contribution in [1.29, 1.82) is 0 Å². The number of carbonyl (C=O) groups is 1. The standard InChI is InChI=1S/C35H46FN3O8S2/c1-24-9-14-30(15-10-24)48(42,43)37-29-13-18-33-32(20-29)35(41)39(26(3)23-40)21-25(2)34(46-19-7-6-8-27(4)47-33)22-38(5)49(44,45)31-16-11-28(36)12-17-31/h9-18,20,25-27,34,37,40H,6-8,19,21-23H2,1-5H3/t25-,26+,27+,34+/m1/s1. The van der Waals surface area contributed by atoms with Gasteiger partial charge in [0.05, 0.1) is 40.2 Å². The van der Waals surface area contributed by atoms with E-state index in [0.717, 1.165) is 28.4 Å². The molecule has 0 bridgehead atoms. The van der Waals surface area contributed by atoms with Crippen LogP contribution in [0.1, 0.15) is 56.0 Å². The number of benzene rings is 3. The van der Waals surface area contributed by atoms with E-state index in [1.54, 1.807) is 25.1 Å². The van der Waals surface area contributed by atoms with Crippen LogP contribution in [0.4, 0.5) is 10.1 Å². The summed E-state index contributed by atoms with van der Waals surface area (Å²) in [6, 6.07) is 14.8. The summed E-state index contributed by atoms with van der Waals surface area (Å²) < 4.78 is 82.8. The summed E-state index contributed by atoms with van der Waals surface area (Å²) in [5, 5.41) is 10.2. The maximum atomic E-state index is 14.4. The van der Waals surface area contributed by atoms with E-state index in [1.807, 2.05) is 20.8 Å². The molecule has 4 rings (SSSR count). The Morgan fingerprint density at radius 2 is 1.65 bits per heavy atom. The summed E-state index contributed by atoms with van der Waals surface area (Å²) in [5.74, 6) is -1.20. The third-order valence-electron chi connectivity index (χ3n) is 8.59. The van der Waals surface area contributed by atoms with Gasteiger partial charge in [0, 0.05) is 38.3 Å². The van der Waals surface area contributed by atoms with E-state index in [0.29, 0.717) is 19.4 Å². The normalized spacial score (nSPS) is 20.6. The van der Waals surface area contributed by atoms with Gasteiger partial charge in [-0.05, 0) is 94.6 Å². The van der Waals surface area contributed by atoms with Crippen molar-refractivity contribution in [2.24, 2.45) is 5.92 Å². The summed E-state index contributed by atoms with van der Waals surface area (Å²) >= 11 is 0. The highest BCUT2D eigenvalue weighted by molar-refractivity contribution is 7.92. The van der Waals surface area contributed by atoms with E-state index in [4.69, 9.17) is 9.47 Å². The van der Waals surface area contributed by atoms with Gasteiger partial charge in [-0.1, -0.05) is 24.6 Å². The number of halogens is 1. The highest BCUT2D eigenvalue weighted by Gasteiger charge is 2.32. The van der Waals surface area contributed by atoms with E-state index < -0.39 is 49.8 Å². The molecule has 0 saturated carbocycles. The molecule has 0 unspecified atom stereocenters. The number of nitrogens with one attached hydrogen (secondary N) is 1. The Balaban J connectivity index is 1.67. The zero-order valence-electron chi connectivity index (χ0n) is 28.5. The number of nitrogens with zero attached hydrogens (tertiary/aromatic N) is 2. The van der Waals surface area contributed by atoms with Crippen LogP contribution >= 0.6 is 0 Å². The molecule has 0 fully saturated rings. The molecule has 0 aromatic heterocycles. The second kappa shape index (κ2) is 16.4. The van der Waals surface area contributed by atoms with Gasteiger partial charge in [0.25, 0.3) is 15.9 Å². The highest BCUT2D eigenvalue weighted by atomic mass is 32.2. The van der Waals surface area contributed by atoms with Gasteiger partial charge in [-0.3, -0.25) is 9.52 Å². The maximum Gasteiger partial charge on any atom is 0.261 e. The fraction of sp³-hybridized carbons (Fsp3) is 0.457. The van der Waals surface area contributed by atoms with Crippen LogP contribution in [0.2, 0.25) is 0 Å². The first kappa shape index (κ1) is 38.2. The topological polar surface area (TPSA) is 143 Å². The van der Waals surface area contributed by atoms with Gasteiger partial charge in [0.1, 0.15) is 11.6 Å². The summed E-state index contributed by atoms with van der Waals surface area (Å²) in [6.07, 6.45) is 1.10. The van der Waals surface area contributed by atoms with E-state index in [1.165, 1.54) is 48.3 Å². The first-order valence-electron chi connectivity index (χ1n) is 16.3. The van der Waals surface area contributed by atoms with Gasteiger partial charge in [0.15, 0.2) is 0 Å². The molecule has 268 valence electrons. The number of hydrogen-bond donors (Lipinski definition) is 2. The molecule has 1 amide bonds. The van der Waals surface area contributed by atoms with Crippen LogP contribution in [0.3, 0.4) is 0 Å². The van der Waals surface area contributed by atoms with Gasteiger partial charge in [-0.25, -0.2) is 21.2 Å². The molecule has 11 nitrogen and oxygen atoms in total. The molecule has 0 radical (unpaired) electrons. The van der Waals surface area contributed by atoms with Gasteiger partial charge >= 0.3 is 0 Å². The molecule has 1 aliphatic heterocycles. The minimum Gasteiger partial charge on any atom is -0.490 e. The number of sulfonamides is 2. The summed E-state index contributed by atoms with van der Waals surface area (Å²) in [4.78, 5) is 15.8. The molecule has 4 atom stereocenters. The Morgan fingerprint density at radius 3 is 2.31 bits per heavy atom. The molecule has 3 aromatic carbocycles. The molecule has 3 aromatic rings. The predicted octanol–water partition coefficient (Wildman–Crippen LogP) is 5.05. The molecule has 49 heavy (non-hydrogen) atoms. The Kier molecular flexibility index (Phi) is 12.8. The van der Waals surface area contributed by atoms with Gasteiger partial charge < -0.3 is 19.5 Å². The Bertz CT molecular complexity index is 1790. The van der Waals surface area contributed by atoms with Crippen LogP contribution in [0.25, 0.3) is 0 Å². The highest BCUT2D eigenvalue weighted by Crippen LogP contribution is 2.30. The first-order valence-corrected chi connectivity index (χ1v) is 19.2. The monoisotopic (exact) mass is 719 g/mol. The largest absolute Gasteiger partial charge is 0.490 e. The minimum absolute atomic E-state index is 0.0442. The number of rotatable bonds is 9. The van der Waals surface area contributed by atoms with Crippen LogP contribution in [-0.2, 0) is 24.8 Å². The second-order valence-corrected chi connectivity index (χ2v) is 16.4. The van der Waals surface area contributed by atoms with Crippen molar-refractivity contribution in [2.45, 2.75) is 75.0 Å². The van der Waals surface area contributed by atoms with Crippen LogP contribution in [0, 0.1) is 18.7 Å². The fourth-order valence-corrected chi connectivity index (χ4v) is 7.75. The lowest BCUT2D eigenvalue weighted by atomic mass is 10.0. The Morgan fingerprint density at radius 1 is 1.00 bits per heavy atom. The lowest BCUT2D eigenvalue weighted by Crippen LogP contribution is -2.48. The van der Waals surface area contributed by atoms with Crippen molar-refractivity contribution in [3.05, 3.63) is 83.7 Å². The lowest BCUT2D eigenvalue weighted by Gasteiger charge is -2.35. The molecular formula is C35H46FN3O8S2. The number of anilines is 1. The van der Waals surface area contributed by atoms with Crippen LogP contribution in [-0.4, -0.2) is 88.7 Å². The van der Waals surface area contributed by atoms with E-state index in [-0.39, 0.29) is 52.6 Å². The molecule has 14 heteroatoms. The minimum atomic E-state index is -3.98. The van der Waals surface area contributed by atoms with Crippen LogP contribution in [0.15, 0.2) is 76.5 Å². The lowest BCUT2D eigenvalue weighted by molar-refractivity contribution is -0.00834. The maximum absolute atomic E-state index is 14.4. The number of likely N-dealkylation sites (N-methyl/N-ethyl adjacent to an activating group) is 1. The van der Waals surface area contributed by atoms with Crippen molar-refractivity contribution in [1.82, 2.24) is 9.21 Å².